The van der Waals surface area contributed by atoms with E-state index in [-0.39, 0.29) is 5.82 Å². The van der Waals surface area contributed by atoms with Gasteiger partial charge in [0, 0.05) is 11.1 Å². The van der Waals surface area contributed by atoms with Crippen molar-refractivity contribution in [1.29, 1.82) is 0 Å². The van der Waals surface area contributed by atoms with Gasteiger partial charge in [-0.2, -0.15) is 5.10 Å². The molecule has 0 atom stereocenters. The van der Waals surface area contributed by atoms with Crippen LogP contribution in [-0.2, 0) is 0 Å². The summed E-state index contributed by atoms with van der Waals surface area (Å²) in [6.45, 7) is 0. The molecule has 1 heterocycles. The molecule has 4 aromatic rings. The molecular formula is C22H16FN3S. The molecule has 0 radical (unpaired) electrons. The van der Waals surface area contributed by atoms with E-state index in [0.717, 1.165) is 27.3 Å². The number of hydrogen-bond acceptors (Lipinski definition) is 3. The Hall–Kier alpha value is -3.31. The molecule has 0 saturated carbocycles. The van der Waals surface area contributed by atoms with Gasteiger partial charge in [-0.15, -0.1) is 16.4 Å². The lowest BCUT2D eigenvalue weighted by Crippen LogP contribution is -2.13. The molecule has 0 N–H and O–H groups in total. The molecule has 5 heteroatoms. The molecule has 0 aliphatic heterocycles. The molecule has 0 saturated heterocycles. The summed E-state index contributed by atoms with van der Waals surface area (Å²) in [7, 11) is 0. The van der Waals surface area contributed by atoms with Crippen molar-refractivity contribution >= 4 is 17.6 Å². The smallest absolute Gasteiger partial charge is 0.215 e. The van der Waals surface area contributed by atoms with Crippen LogP contribution in [0.15, 0.2) is 101 Å². The molecule has 0 aliphatic rings. The molecule has 27 heavy (non-hydrogen) atoms. The van der Waals surface area contributed by atoms with E-state index in [2.05, 4.69) is 32.3 Å². The molecule has 3 nitrogen and oxygen atoms in total. The zero-order valence-electron chi connectivity index (χ0n) is 14.4. The van der Waals surface area contributed by atoms with Crippen molar-refractivity contribution in [2.45, 2.75) is 0 Å². The van der Waals surface area contributed by atoms with Gasteiger partial charge in [0.1, 0.15) is 5.82 Å². The number of nitrogens with zero attached hydrogens (tertiary/aromatic N) is 3. The van der Waals surface area contributed by atoms with Crippen molar-refractivity contribution in [3.8, 4) is 16.9 Å². The summed E-state index contributed by atoms with van der Waals surface area (Å²) in [4.78, 5) is 0.762. The van der Waals surface area contributed by atoms with E-state index in [9.17, 15) is 4.39 Å². The second-order valence-corrected chi connectivity index (χ2v) is 6.67. The van der Waals surface area contributed by atoms with Crippen LogP contribution in [0, 0.1) is 5.82 Å². The predicted molar refractivity (Wildman–Crippen MR) is 109 cm³/mol. The summed E-state index contributed by atoms with van der Waals surface area (Å²) in [5.41, 5.74) is 3.99. The Morgan fingerprint density at radius 3 is 2.19 bits per heavy atom. The van der Waals surface area contributed by atoms with Gasteiger partial charge in [-0.05, 0) is 35.4 Å². The zero-order valence-corrected chi connectivity index (χ0v) is 15.2. The number of hydrogen-bond donors (Lipinski definition) is 0. The van der Waals surface area contributed by atoms with Crippen LogP contribution in [0.4, 0.5) is 4.39 Å². The second-order valence-electron chi connectivity index (χ2n) is 5.84. The van der Waals surface area contributed by atoms with Gasteiger partial charge in [0.05, 0.1) is 11.9 Å². The quantitative estimate of drug-likeness (QED) is 0.344. The molecular weight excluding hydrogens is 357 g/mol. The van der Waals surface area contributed by atoms with E-state index in [0.29, 0.717) is 0 Å². The fourth-order valence-electron chi connectivity index (χ4n) is 2.71. The first kappa shape index (κ1) is 17.1. The Morgan fingerprint density at radius 1 is 0.815 bits per heavy atom. The van der Waals surface area contributed by atoms with E-state index in [1.807, 2.05) is 48.5 Å². The first-order valence-corrected chi connectivity index (χ1v) is 9.33. The van der Waals surface area contributed by atoms with Gasteiger partial charge in [0.25, 0.3) is 0 Å². The topological polar surface area (TPSA) is 29.6 Å². The normalized spacial score (nSPS) is 12.0. The first-order chi connectivity index (χ1) is 13.3. The van der Waals surface area contributed by atoms with Gasteiger partial charge in [0.15, 0.2) is 0 Å². The fourth-order valence-corrected chi connectivity index (χ4v) is 3.57. The number of para-hydroxylation sites is 1. The van der Waals surface area contributed by atoms with Gasteiger partial charge in [-0.1, -0.05) is 60.7 Å². The Bertz CT molecular complexity index is 1110. The highest BCUT2D eigenvalue weighted by Gasteiger charge is 2.09. The van der Waals surface area contributed by atoms with Crippen LogP contribution in [0.3, 0.4) is 0 Å². The van der Waals surface area contributed by atoms with Gasteiger partial charge < -0.3 is 0 Å². The molecule has 0 amide bonds. The van der Waals surface area contributed by atoms with Crippen molar-refractivity contribution < 1.29 is 4.39 Å². The lowest BCUT2D eigenvalue weighted by atomic mass is 10.1. The van der Waals surface area contributed by atoms with Crippen molar-refractivity contribution in [2.24, 2.45) is 10.2 Å². The molecule has 1 aromatic heterocycles. The van der Waals surface area contributed by atoms with Crippen LogP contribution in [0.25, 0.3) is 16.9 Å². The Kier molecular flexibility index (Phi) is 5.03. The summed E-state index contributed by atoms with van der Waals surface area (Å²) in [5, 5.41) is 10.7. The average molecular weight is 373 g/mol. The molecule has 0 spiro atoms. The molecule has 0 fully saturated rings. The number of thiazole rings is 1. The van der Waals surface area contributed by atoms with E-state index < -0.39 is 0 Å². The van der Waals surface area contributed by atoms with Gasteiger partial charge in [-0.25, -0.2) is 4.39 Å². The van der Waals surface area contributed by atoms with Gasteiger partial charge in [0.2, 0.25) is 4.80 Å². The molecule has 4 rings (SSSR count). The first-order valence-electron chi connectivity index (χ1n) is 8.45. The summed E-state index contributed by atoms with van der Waals surface area (Å²) in [5.74, 6) is -0.267. The van der Waals surface area contributed by atoms with Crippen molar-refractivity contribution in [3.63, 3.8) is 0 Å². The van der Waals surface area contributed by atoms with E-state index >= 15 is 0 Å². The van der Waals surface area contributed by atoms with Crippen LogP contribution >= 0.6 is 11.3 Å². The van der Waals surface area contributed by atoms with Crippen molar-refractivity contribution in [3.05, 3.63) is 106 Å². The summed E-state index contributed by atoms with van der Waals surface area (Å²) in [6.07, 6.45) is 1.62. The van der Waals surface area contributed by atoms with Crippen molar-refractivity contribution in [1.82, 2.24) is 4.57 Å². The monoisotopic (exact) mass is 373 g/mol. The minimum Gasteiger partial charge on any atom is -0.284 e. The highest BCUT2D eigenvalue weighted by molar-refractivity contribution is 7.07. The average Bonchev–Trinajstić information content (AvgIpc) is 3.15. The molecule has 3 aromatic carbocycles. The SMILES string of the molecule is Fc1ccc(/C=N\N=c2/scc(-c3ccccc3)n2-c2ccccc2)cc1. The van der Waals surface area contributed by atoms with Crippen LogP contribution < -0.4 is 4.80 Å². The number of benzene rings is 3. The third kappa shape index (κ3) is 3.93. The van der Waals surface area contributed by atoms with Crippen molar-refractivity contribution in [2.75, 3.05) is 0 Å². The van der Waals surface area contributed by atoms with E-state index in [1.54, 1.807) is 18.3 Å². The van der Waals surface area contributed by atoms with Crippen LogP contribution in [-0.4, -0.2) is 10.8 Å². The zero-order chi connectivity index (χ0) is 18.5. The number of halogens is 1. The lowest BCUT2D eigenvalue weighted by molar-refractivity contribution is 0.628. The summed E-state index contributed by atoms with van der Waals surface area (Å²) in [6, 6.07) is 26.4. The third-order valence-corrected chi connectivity index (χ3v) is 4.83. The number of aromatic nitrogens is 1. The van der Waals surface area contributed by atoms with Gasteiger partial charge >= 0.3 is 0 Å². The highest BCUT2D eigenvalue weighted by atomic mass is 32.1. The minimum absolute atomic E-state index is 0.267. The maximum absolute atomic E-state index is 13.0. The predicted octanol–water partition coefficient (Wildman–Crippen LogP) is 5.28. The largest absolute Gasteiger partial charge is 0.284 e. The third-order valence-electron chi connectivity index (χ3n) is 4.01. The lowest BCUT2D eigenvalue weighted by Gasteiger charge is -2.08. The molecule has 0 bridgehead atoms. The van der Waals surface area contributed by atoms with Crippen LogP contribution in [0.1, 0.15) is 5.56 Å². The highest BCUT2D eigenvalue weighted by Crippen LogP contribution is 2.23. The summed E-state index contributed by atoms with van der Waals surface area (Å²) < 4.78 is 15.1. The van der Waals surface area contributed by atoms with Crippen LogP contribution in [0.2, 0.25) is 0 Å². The standard InChI is InChI=1S/C22H16FN3S/c23-19-13-11-17(12-14-19)15-24-25-22-26(20-9-5-2-6-10-20)21(16-27-22)18-7-3-1-4-8-18/h1-16H/b24-15-,25-22-. The van der Waals surface area contributed by atoms with E-state index in [1.165, 1.54) is 23.5 Å². The summed E-state index contributed by atoms with van der Waals surface area (Å²) >= 11 is 1.53. The van der Waals surface area contributed by atoms with Gasteiger partial charge in [-0.3, -0.25) is 4.57 Å². The van der Waals surface area contributed by atoms with Crippen LogP contribution in [0.5, 0.6) is 0 Å². The molecule has 0 unspecified atom stereocenters. The molecule has 0 aliphatic carbocycles. The number of rotatable bonds is 4. The Labute approximate surface area is 160 Å². The maximum atomic E-state index is 13.0. The maximum Gasteiger partial charge on any atom is 0.215 e. The second kappa shape index (κ2) is 7.93. The Balaban J connectivity index is 1.79. The minimum atomic E-state index is -0.267. The Morgan fingerprint density at radius 2 is 1.48 bits per heavy atom. The fraction of sp³-hybridized carbons (Fsp3) is 0. The van der Waals surface area contributed by atoms with E-state index in [4.69, 9.17) is 0 Å². The molecule has 132 valence electrons.